The first-order valence-electron chi connectivity index (χ1n) is 6.47. The number of carbonyl (C=O) groups is 1. The van der Waals surface area contributed by atoms with Gasteiger partial charge in [-0.3, -0.25) is 0 Å². The summed E-state index contributed by atoms with van der Waals surface area (Å²) in [7, 11) is 1.69. The first kappa shape index (κ1) is 12.9. The third kappa shape index (κ3) is 2.22. The molecule has 1 unspecified atom stereocenters. The van der Waals surface area contributed by atoms with E-state index >= 15 is 0 Å². The van der Waals surface area contributed by atoms with E-state index in [1.807, 2.05) is 12.1 Å². The van der Waals surface area contributed by atoms with Crippen LogP contribution in [0.15, 0.2) is 18.2 Å². The summed E-state index contributed by atoms with van der Waals surface area (Å²) >= 11 is 0. The Morgan fingerprint density at radius 1 is 1.50 bits per heavy atom. The van der Waals surface area contributed by atoms with E-state index in [0.717, 1.165) is 12.3 Å². The van der Waals surface area contributed by atoms with Crippen molar-refractivity contribution in [3.05, 3.63) is 23.8 Å². The van der Waals surface area contributed by atoms with Gasteiger partial charge in [-0.05, 0) is 32.9 Å². The minimum Gasteiger partial charge on any atom is -0.496 e. The third-order valence-electron chi connectivity index (χ3n) is 3.55. The summed E-state index contributed by atoms with van der Waals surface area (Å²) in [5.41, 5.74) is 2.42. The van der Waals surface area contributed by atoms with Crippen LogP contribution in [-0.2, 0) is 4.79 Å². The fourth-order valence-corrected chi connectivity index (χ4v) is 2.80. The molecule has 0 fully saturated rings. The molecule has 1 aromatic rings. The first-order valence-corrected chi connectivity index (χ1v) is 6.47. The number of ether oxygens (including phenoxy) is 1. The Balaban J connectivity index is 2.44. The molecule has 0 spiro atoms. The molecule has 0 radical (unpaired) electrons. The van der Waals surface area contributed by atoms with Crippen molar-refractivity contribution in [2.75, 3.05) is 18.6 Å². The van der Waals surface area contributed by atoms with Crippen LogP contribution in [0.1, 0.15) is 38.7 Å². The van der Waals surface area contributed by atoms with Gasteiger partial charge in [-0.2, -0.15) is 0 Å². The molecule has 1 aromatic carbocycles. The van der Waals surface area contributed by atoms with Crippen molar-refractivity contribution in [2.45, 2.75) is 39.2 Å². The minimum atomic E-state index is 0.238. The van der Waals surface area contributed by atoms with Crippen molar-refractivity contribution >= 4 is 11.5 Å². The number of anilines is 1. The second kappa shape index (κ2) is 5.01. The topological polar surface area (TPSA) is 29.5 Å². The predicted molar refractivity (Wildman–Crippen MR) is 73.5 cm³/mol. The molecule has 3 heteroatoms. The highest BCUT2D eigenvalue weighted by atomic mass is 16.5. The molecule has 1 heterocycles. The van der Waals surface area contributed by atoms with Gasteiger partial charge in [0.2, 0.25) is 0 Å². The van der Waals surface area contributed by atoms with Crippen molar-refractivity contribution in [3.8, 4) is 5.75 Å². The molecule has 0 saturated carbocycles. The van der Waals surface area contributed by atoms with Gasteiger partial charge >= 0.3 is 0 Å². The predicted octanol–water partition coefficient (Wildman–Crippen LogP) is 2.99. The summed E-state index contributed by atoms with van der Waals surface area (Å²) < 4.78 is 5.46. The number of Topliss-reactive ketones (excluding diaryl/α,β-unsaturated/α-hetero) is 1. The number of methoxy groups -OCH3 is 1. The number of nitrogens with zero attached hydrogens (tertiary/aromatic N) is 1. The second-order valence-electron chi connectivity index (χ2n) is 5.24. The van der Waals surface area contributed by atoms with Gasteiger partial charge in [-0.1, -0.05) is 6.07 Å². The quantitative estimate of drug-likeness (QED) is 0.819. The van der Waals surface area contributed by atoms with Gasteiger partial charge in [0.05, 0.1) is 7.11 Å². The average molecular weight is 247 g/mol. The molecule has 0 saturated heterocycles. The van der Waals surface area contributed by atoms with Crippen molar-refractivity contribution in [3.63, 3.8) is 0 Å². The highest BCUT2D eigenvalue weighted by molar-refractivity contribution is 5.78. The minimum absolute atomic E-state index is 0.238. The van der Waals surface area contributed by atoms with Crippen LogP contribution in [0, 0.1) is 0 Å². The van der Waals surface area contributed by atoms with Crippen molar-refractivity contribution in [1.29, 1.82) is 0 Å². The van der Waals surface area contributed by atoms with Gasteiger partial charge in [-0.15, -0.1) is 0 Å². The van der Waals surface area contributed by atoms with Crippen LogP contribution >= 0.6 is 0 Å². The van der Waals surface area contributed by atoms with E-state index in [2.05, 4.69) is 24.8 Å². The third-order valence-corrected chi connectivity index (χ3v) is 3.55. The standard InChI is InChI=1S/C15H21NO2/c1-10(2)16-9-12(8-11(3)17)15-13(16)6-5-7-14(15)18-4/h5-7,10,12H,8-9H2,1-4H3. The number of ketones is 1. The van der Waals surface area contributed by atoms with Gasteiger partial charge in [0.15, 0.2) is 0 Å². The number of fused-ring (bicyclic) bond motifs is 1. The van der Waals surface area contributed by atoms with Crippen LogP contribution in [0.5, 0.6) is 5.75 Å². The van der Waals surface area contributed by atoms with E-state index in [9.17, 15) is 4.79 Å². The van der Waals surface area contributed by atoms with Gasteiger partial charge in [0.1, 0.15) is 11.5 Å². The van der Waals surface area contributed by atoms with E-state index in [-0.39, 0.29) is 11.7 Å². The second-order valence-corrected chi connectivity index (χ2v) is 5.24. The fourth-order valence-electron chi connectivity index (χ4n) is 2.80. The Morgan fingerprint density at radius 2 is 2.22 bits per heavy atom. The maximum absolute atomic E-state index is 11.4. The number of hydrogen-bond acceptors (Lipinski definition) is 3. The number of rotatable bonds is 4. The van der Waals surface area contributed by atoms with Gasteiger partial charge < -0.3 is 14.4 Å². The lowest BCUT2D eigenvalue weighted by molar-refractivity contribution is -0.117. The molecule has 2 rings (SSSR count). The molecule has 1 aliphatic rings. The van der Waals surface area contributed by atoms with E-state index < -0.39 is 0 Å². The Labute approximate surface area is 109 Å². The van der Waals surface area contributed by atoms with Crippen LogP contribution in [0.3, 0.4) is 0 Å². The number of carbonyl (C=O) groups excluding carboxylic acids is 1. The summed E-state index contributed by atoms with van der Waals surface area (Å²) in [6.45, 7) is 6.93. The van der Waals surface area contributed by atoms with Crippen LogP contribution in [-0.4, -0.2) is 25.5 Å². The van der Waals surface area contributed by atoms with Crippen molar-refractivity contribution < 1.29 is 9.53 Å². The highest BCUT2D eigenvalue weighted by Crippen LogP contribution is 2.44. The first-order chi connectivity index (χ1) is 8.54. The van der Waals surface area contributed by atoms with Gasteiger partial charge in [-0.25, -0.2) is 0 Å². The molecule has 3 nitrogen and oxygen atoms in total. The van der Waals surface area contributed by atoms with Crippen LogP contribution in [0.4, 0.5) is 5.69 Å². The van der Waals surface area contributed by atoms with Crippen molar-refractivity contribution in [1.82, 2.24) is 0 Å². The molecule has 0 aliphatic carbocycles. The lowest BCUT2D eigenvalue weighted by atomic mass is 9.95. The highest BCUT2D eigenvalue weighted by Gasteiger charge is 2.33. The SMILES string of the molecule is COc1cccc2c1C(CC(C)=O)CN2C(C)C. The molecule has 0 amide bonds. The van der Waals surface area contributed by atoms with E-state index in [0.29, 0.717) is 12.5 Å². The lowest BCUT2D eigenvalue weighted by Crippen LogP contribution is -2.29. The molecular weight excluding hydrogens is 226 g/mol. The number of benzene rings is 1. The summed E-state index contributed by atoms with van der Waals surface area (Å²) in [5, 5.41) is 0. The van der Waals surface area contributed by atoms with E-state index in [1.165, 1.54) is 11.3 Å². The van der Waals surface area contributed by atoms with Crippen molar-refractivity contribution in [2.24, 2.45) is 0 Å². The van der Waals surface area contributed by atoms with Gasteiger partial charge in [0.25, 0.3) is 0 Å². The van der Waals surface area contributed by atoms with E-state index in [1.54, 1.807) is 14.0 Å². The van der Waals surface area contributed by atoms with Gasteiger partial charge in [0, 0.05) is 36.2 Å². The summed E-state index contributed by atoms with van der Waals surface area (Å²) in [6, 6.07) is 6.56. The summed E-state index contributed by atoms with van der Waals surface area (Å²) in [5.74, 6) is 1.40. The maximum Gasteiger partial charge on any atom is 0.130 e. The molecule has 1 aliphatic heterocycles. The smallest absolute Gasteiger partial charge is 0.130 e. The Morgan fingerprint density at radius 3 is 2.78 bits per heavy atom. The molecule has 0 bridgehead atoms. The Hall–Kier alpha value is -1.51. The van der Waals surface area contributed by atoms with Crippen LogP contribution < -0.4 is 9.64 Å². The van der Waals surface area contributed by atoms with Crippen LogP contribution in [0.25, 0.3) is 0 Å². The normalized spacial score (nSPS) is 18.1. The Bertz CT molecular complexity index is 454. The zero-order valence-electron chi connectivity index (χ0n) is 11.6. The molecule has 98 valence electrons. The van der Waals surface area contributed by atoms with Crippen LogP contribution in [0.2, 0.25) is 0 Å². The van der Waals surface area contributed by atoms with E-state index in [4.69, 9.17) is 4.74 Å². The molecule has 0 N–H and O–H groups in total. The average Bonchev–Trinajstić information content (AvgIpc) is 2.67. The zero-order valence-corrected chi connectivity index (χ0v) is 11.6. The molecule has 0 aromatic heterocycles. The molecule has 18 heavy (non-hydrogen) atoms. The molecular formula is C15H21NO2. The maximum atomic E-state index is 11.4. The molecule has 1 atom stereocenters. The lowest BCUT2D eigenvalue weighted by Gasteiger charge is -2.24. The Kier molecular flexibility index (Phi) is 3.60. The summed E-state index contributed by atoms with van der Waals surface area (Å²) in [6.07, 6.45) is 0.594. The monoisotopic (exact) mass is 247 g/mol. The fraction of sp³-hybridized carbons (Fsp3) is 0.533. The largest absolute Gasteiger partial charge is 0.496 e. The zero-order chi connectivity index (χ0) is 13.3. The number of hydrogen-bond donors (Lipinski definition) is 0. The summed E-state index contributed by atoms with van der Waals surface area (Å²) in [4.78, 5) is 13.8.